The molecule has 1 amide bonds. The van der Waals surface area contributed by atoms with Gasteiger partial charge in [-0.25, -0.2) is 0 Å². The first-order valence-corrected chi connectivity index (χ1v) is 6.01. The van der Waals surface area contributed by atoms with Crippen LogP contribution < -0.4 is 0 Å². The van der Waals surface area contributed by atoms with Gasteiger partial charge in [0.2, 0.25) is 0 Å². The van der Waals surface area contributed by atoms with E-state index in [0.717, 1.165) is 10.8 Å². The maximum absolute atomic E-state index is 12.4. The molecule has 0 radical (unpaired) electrons. The lowest BCUT2D eigenvalue weighted by molar-refractivity contribution is 0.0684. The standard InChI is InChI=1S/C15H17NO2/c1-11(10-17)16(2)15(18)14-9-5-7-12-6-3-4-8-13(12)14/h3-9,11,17H,10H2,1-2H3. The number of carbonyl (C=O) groups excluding carboxylic acids is 1. The Morgan fingerprint density at radius 2 is 1.89 bits per heavy atom. The molecule has 0 spiro atoms. The minimum Gasteiger partial charge on any atom is -0.394 e. The van der Waals surface area contributed by atoms with E-state index in [1.54, 1.807) is 11.9 Å². The summed E-state index contributed by atoms with van der Waals surface area (Å²) in [6.07, 6.45) is 0. The van der Waals surface area contributed by atoms with Crippen LogP contribution in [-0.2, 0) is 0 Å². The molecule has 3 nitrogen and oxygen atoms in total. The van der Waals surface area contributed by atoms with Crippen LogP contribution in [0.25, 0.3) is 10.8 Å². The number of hydrogen-bond acceptors (Lipinski definition) is 2. The third kappa shape index (κ3) is 2.22. The summed E-state index contributed by atoms with van der Waals surface area (Å²) >= 11 is 0. The molecular weight excluding hydrogens is 226 g/mol. The third-order valence-corrected chi connectivity index (χ3v) is 3.27. The van der Waals surface area contributed by atoms with Crippen LogP contribution in [0.15, 0.2) is 42.5 Å². The predicted molar refractivity (Wildman–Crippen MR) is 72.6 cm³/mol. The van der Waals surface area contributed by atoms with Crippen LogP contribution >= 0.6 is 0 Å². The summed E-state index contributed by atoms with van der Waals surface area (Å²) in [6, 6.07) is 13.3. The highest BCUT2D eigenvalue weighted by molar-refractivity contribution is 6.07. The second kappa shape index (κ2) is 5.19. The van der Waals surface area contributed by atoms with Crippen LogP contribution in [0.5, 0.6) is 0 Å². The molecule has 0 heterocycles. The maximum Gasteiger partial charge on any atom is 0.254 e. The van der Waals surface area contributed by atoms with Crippen LogP contribution in [-0.4, -0.2) is 35.6 Å². The third-order valence-electron chi connectivity index (χ3n) is 3.27. The molecule has 0 aliphatic rings. The Kier molecular flexibility index (Phi) is 3.63. The van der Waals surface area contributed by atoms with Crippen molar-refractivity contribution < 1.29 is 9.90 Å². The molecule has 0 saturated carbocycles. The van der Waals surface area contributed by atoms with Gasteiger partial charge in [0, 0.05) is 12.6 Å². The van der Waals surface area contributed by atoms with Gasteiger partial charge in [-0.2, -0.15) is 0 Å². The molecule has 0 bridgehead atoms. The highest BCUT2D eigenvalue weighted by atomic mass is 16.3. The smallest absolute Gasteiger partial charge is 0.254 e. The van der Waals surface area contributed by atoms with E-state index >= 15 is 0 Å². The number of likely N-dealkylation sites (N-methyl/N-ethyl adjacent to an activating group) is 1. The average molecular weight is 243 g/mol. The minimum absolute atomic E-state index is 0.0347. The van der Waals surface area contributed by atoms with Gasteiger partial charge >= 0.3 is 0 Å². The summed E-state index contributed by atoms with van der Waals surface area (Å²) in [5, 5.41) is 11.1. The van der Waals surface area contributed by atoms with Gasteiger partial charge in [-0.3, -0.25) is 4.79 Å². The molecule has 2 rings (SSSR count). The molecule has 0 saturated heterocycles. The van der Waals surface area contributed by atoms with Gasteiger partial charge in [-0.05, 0) is 23.8 Å². The Bertz CT molecular complexity index is 560. The van der Waals surface area contributed by atoms with Crippen molar-refractivity contribution in [2.24, 2.45) is 0 Å². The molecule has 2 aromatic rings. The molecular formula is C15H17NO2. The molecule has 0 aliphatic carbocycles. The summed E-state index contributed by atoms with van der Waals surface area (Å²) in [4.78, 5) is 13.9. The number of carbonyl (C=O) groups is 1. The van der Waals surface area contributed by atoms with Crippen molar-refractivity contribution in [1.29, 1.82) is 0 Å². The van der Waals surface area contributed by atoms with Crippen molar-refractivity contribution in [1.82, 2.24) is 4.90 Å². The van der Waals surface area contributed by atoms with E-state index in [0.29, 0.717) is 5.56 Å². The van der Waals surface area contributed by atoms with Crippen LogP contribution in [0, 0.1) is 0 Å². The predicted octanol–water partition coefficient (Wildman–Crippen LogP) is 2.29. The summed E-state index contributed by atoms with van der Waals surface area (Å²) < 4.78 is 0. The number of hydrogen-bond donors (Lipinski definition) is 1. The van der Waals surface area contributed by atoms with E-state index in [4.69, 9.17) is 5.11 Å². The normalized spacial score (nSPS) is 12.4. The van der Waals surface area contributed by atoms with Crippen molar-refractivity contribution in [3.8, 4) is 0 Å². The molecule has 1 N–H and O–H groups in total. The van der Waals surface area contributed by atoms with Gasteiger partial charge in [0.05, 0.1) is 12.6 Å². The zero-order valence-electron chi connectivity index (χ0n) is 10.6. The molecule has 0 fully saturated rings. The van der Waals surface area contributed by atoms with Crippen LogP contribution in [0.3, 0.4) is 0 Å². The van der Waals surface area contributed by atoms with E-state index in [-0.39, 0.29) is 18.6 Å². The van der Waals surface area contributed by atoms with Gasteiger partial charge in [-0.15, -0.1) is 0 Å². The van der Waals surface area contributed by atoms with Crippen molar-refractivity contribution in [3.63, 3.8) is 0 Å². The van der Waals surface area contributed by atoms with Crippen LogP contribution in [0.4, 0.5) is 0 Å². The molecule has 18 heavy (non-hydrogen) atoms. The van der Waals surface area contributed by atoms with E-state index in [2.05, 4.69) is 0 Å². The molecule has 0 aliphatic heterocycles. The quantitative estimate of drug-likeness (QED) is 0.898. The fourth-order valence-corrected chi connectivity index (χ4v) is 1.92. The monoisotopic (exact) mass is 243 g/mol. The molecule has 1 atom stereocenters. The molecule has 1 unspecified atom stereocenters. The molecule has 3 heteroatoms. The number of amides is 1. The summed E-state index contributed by atoms with van der Waals surface area (Å²) in [7, 11) is 1.71. The molecule has 2 aromatic carbocycles. The highest BCUT2D eigenvalue weighted by Crippen LogP contribution is 2.20. The number of benzene rings is 2. The SMILES string of the molecule is CC(CO)N(C)C(=O)c1cccc2ccccc12. The number of fused-ring (bicyclic) bond motifs is 1. The van der Waals surface area contributed by atoms with Crippen molar-refractivity contribution >= 4 is 16.7 Å². The number of rotatable bonds is 3. The first-order chi connectivity index (χ1) is 8.65. The van der Waals surface area contributed by atoms with Crippen molar-refractivity contribution in [3.05, 3.63) is 48.0 Å². The first kappa shape index (κ1) is 12.6. The second-order valence-corrected chi connectivity index (χ2v) is 4.47. The van der Waals surface area contributed by atoms with Crippen LogP contribution in [0.1, 0.15) is 17.3 Å². The zero-order valence-corrected chi connectivity index (χ0v) is 10.6. The number of aliphatic hydroxyl groups is 1. The Hall–Kier alpha value is -1.87. The van der Waals surface area contributed by atoms with Gasteiger partial charge in [-0.1, -0.05) is 36.4 Å². The van der Waals surface area contributed by atoms with Crippen LogP contribution in [0.2, 0.25) is 0 Å². The summed E-state index contributed by atoms with van der Waals surface area (Å²) in [5.74, 6) is -0.0617. The second-order valence-electron chi connectivity index (χ2n) is 4.47. The van der Waals surface area contributed by atoms with E-state index in [1.807, 2.05) is 49.4 Å². The Morgan fingerprint density at radius 1 is 1.22 bits per heavy atom. The fraction of sp³-hybridized carbons (Fsp3) is 0.267. The van der Waals surface area contributed by atoms with E-state index in [1.165, 1.54) is 0 Å². The van der Waals surface area contributed by atoms with E-state index < -0.39 is 0 Å². The molecule has 94 valence electrons. The zero-order chi connectivity index (χ0) is 13.1. The van der Waals surface area contributed by atoms with Crippen molar-refractivity contribution in [2.45, 2.75) is 13.0 Å². The maximum atomic E-state index is 12.4. The highest BCUT2D eigenvalue weighted by Gasteiger charge is 2.18. The Morgan fingerprint density at radius 3 is 2.61 bits per heavy atom. The Labute approximate surface area is 107 Å². The minimum atomic E-state index is -0.184. The van der Waals surface area contributed by atoms with Gasteiger partial charge in [0.25, 0.3) is 5.91 Å². The lowest BCUT2D eigenvalue weighted by Crippen LogP contribution is -2.37. The topological polar surface area (TPSA) is 40.5 Å². The lowest BCUT2D eigenvalue weighted by atomic mass is 10.0. The Balaban J connectivity index is 2.45. The average Bonchev–Trinajstić information content (AvgIpc) is 2.44. The van der Waals surface area contributed by atoms with Gasteiger partial charge in [0.15, 0.2) is 0 Å². The van der Waals surface area contributed by atoms with E-state index in [9.17, 15) is 4.79 Å². The van der Waals surface area contributed by atoms with Gasteiger partial charge < -0.3 is 10.0 Å². The fourth-order valence-electron chi connectivity index (χ4n) is 1.92. The number of aliphatic hydroxyl groups excluding tert-OH is 1. The lowest BCUT2D eigenvalue weighted by Gasteiger charge is -2.23. The van der Waals surface area contributed by atoms with Crippen molar-refractivity contribution in [2.75, 3.05) is 13.7 Å². The number of nitrogens with zero attached hydrogens (tertiary/aromatic N) is 1. The molecule has 0 aromatic heterocycles. The summed E-state index contributed by atoms with van der Waals surface area (Å²) in [6.45, 7) is 1.79. The first-order valence-electron chi connectivity index (χ1n) is 6.01. The largest absolute Gasteiger partial charge is 0.394 e. The van der Waals surface area contributed by atoms with Gasteiger partial charge in [0.1, 0.15) is 0 Å². The summed E-state index contributed by atoms with van der Waals surface area (Å²) in [5.41, 5.74) is 0.677.